The molecule has 3 aliphatic carbocycles. The van der Waals surface area contributed by atoms with Gasteiger partial charge in [0.05, 0.1) is 11.8 Å². The molecule has 2 bridgehead atoms. The van der Waals surface area contributed by atoms with Gasteiger partial charge in [0, 0.05) is 10.0 Å². The van der Waals surface area contributed by atoms with Crippen molar-refractivity contribution >= 4 is 62.7 Å². The third-order valence-electron chi connectivity index (χ3n) is 7.86. The van der Waals surface area contributed by atoms with Crippen LogP contribution in [0.15, 0.2) is 77.3 Å². The number of carbonyl (C=O) groups is 4. The number of ketones is 1. The summed E-state index contributed by atoms with van der Waals surface area (Å²) < 4.78 is 6.05. The summed E-state index contributed by atoms with van der Waals surface area (Å²) in [6.07, 6.45) is 0. The van der Waals surface area contributed by atoms with Crippen LogP contribution in [-0.2, 0) is 28.9 Å². The van der Waals surface area contributed by atoms with Gasteiger partial charge in [-0.25, -0.2) is 4.79 Å². The van der Waals surface area contributed by atoms with E-state index >= 15 is 0 Å². The lowest BCUT2D eigenvalue weighted by molar-refractivity contribution is -0.157. The number of imide groups is 1. The van der Waals surface area contributed by atoms with Crippen molar-refractivity contribution in [3.8, 4) is 0 Å². The SMILES string of the molecule is C[C@H](C(=O)OCC(=O)c1ccc(Br)cc1)N1C(=O)[C@@H]2[C@H](C1=O)C1(Cl)c3ccccc3C2(Cl)c2ccccc21. The molecule has 4 aliphatic rings. The number of amides is 2. The third kappa shape index (κ3) is 3.25. The molecule has 6 nitrogen and oxygen atoms in total. The molecule has 3 aromatic carbocycles. The molecule has 1 heterocycles. The van der Waals surface area contributed by atoms with Gasteiger partial charge in [0.2, 0.25) is 11.8 Å². The summed E-state index contributed by atoms with van der Waals surface area (Å²) >= 11 is 18.1. The van der Waals surface area contributed by atoms with Gasteiger partial charge in [0.25, 0.3) is 0 Å². The first-order valence-corrected chi connectivity index (χ1v) is 13.6. The number of nitrogens with zero attached hydrogens (tertiary/aromatic N) is 1. The van der Waals surface area contributed by atoms with E-state index in [-0.39, 0.29) is 0 Å². The number of likely N-dealkylation sites (tertiary alicyclic amines) is 1. The maximum atomic E-state index is 13.9. The zero-order valence-electron chi connectivity index (χ0n) is 20.0. The maximum Gasteiger partial charge on any atom is 0.329 e. The van der Waals surface area contributed by atoms with E-state index in [1.54, 1.807) is 24.3 Å². The number of hydrogen-bond acceptors (Lipinski definition) is 5. The van der Waals surface area contributed by atoms with E-state index in [0.29, 0.717) is 27.8 Å². The molecule has 3 atom stereocenters. The minimum absolute atomic E-state index is 0.369. The van der Waals surface area contributed by atoms with Crippen molar-refractivity contribution in [2.45, 2.75) is 22.7 Å². The number of Topliss-reactive ketones (excluding diaryl/α,β-unsaturated/α-hetero) is 1. The highest BCUT2D eigenvalue weighted by atomic mass is 79.9. The highest BCUT2D eigenvalue weighted by Gasteiger charge is 2.73. The van der Waals surface area contributed by atoms with Crippen LogP contribution in [0, 0.1) is 11.8 Å². The molecule has 0 unspecified atom stereocenters. The second kappa shape index (κ2) is 8.76. The smallest absolute Gasteiger partial charge is 0.329 e. The molecular formula is C29H20BrCl2NO5. The fourth-order valence-corrected chi connectivity index (χ4v) is 7.51. The molecule has 192 valence electrons. The van der Waals surface area contributed by atoms with Crippen LogP contribution in [0.5, 0.6) is 0 Å². The molecule has 0 radical (unpaired) electrons. The van der Waals surface area contributed by atoms with Crippen LogP contribution >= 0.6 is 39.1 Å². The molecule has 1 aliphatic heterocycles. The first-order valence-electron chi connectivity index (χ1n) is 12.0. The van der Waals surface area contributed by atoms with Crippen molar-refractivity contribution in [3.63, 3.8) is 0 Å². The Morgan fingerprint density at radius 3 is 1.68 bits per heavy atom. The van der Waals surface area contributed by atoms with E-state index in [4.69, 9.17) is 27.9 Å². The Morgan fingerprint density at radius 2 is 1.26 bits per heavy atom. The first-order chi connectivity index (χ1) is 18.1. The van der Waals surface area contributed by atoms with Gasteiger partial charge < -0.3 is 4.74 Å². The third-order valence-corrected chi connectivity index (χ3v) is 9.67. The number of alkyl halides is 2. The summed E-state index contributed by atoms with van der Waals surface area (Å²) in [5.74, 6) is -4.49. The average Bonchev–Trinajstić information content (AvgIpc) is 3.21. The summed E-state index contributed by atoms with van der Waals surface area (Å²) in [4.78, 5) is 51.6. The highest BCUT2D eigenvalue weighted by Crippen LogP contribution is 2.69. The zero-order chi connectivity index (χ0) is 27.0. The molecule has 9 heteroatoms. The summed E-state index contributed by atoms with van der Waals surface area (Å²) in [7, 11) is 0. The largest absolute Gasteiger partial charge is 0.456 e. The summed E-state index contributed by atoms with van der Waals surface area (Å²) in [5, 5.41) is 0. The summed E-state index contributed by atoms with van der Waals surface area (Å²) in [6.45, 7) is 0.882. The number of ether oxygens (including phenoxy) is 1. The van der Waals surface area contributed by atoms with E-state index in [1.165, 1.54) is 6.92 Å². The lowest BCUT2D eigenvalue weighted by Gasteiger charge is -2.54. The van der Waals surface area contributed by atoms with Gasteiger partial charge in [-0.15, -0.1) is 23.2 Å². The Balaban J connectivity index is 1.33. The summed E-state index contributed by atoms with van der Waals surface area (Å²) in [5.41, 5.74) is 3.07. The van der Waals surface area contributed by atoms with Gasteiger partial charge in [0.1, 0.15) is 15.8 Å². The Morgan fingerprint density at radius 1 is 0.842 bits per heavy atom. The van der Waals surface area contributed by atoms with Crippen LogP contribution in [0.2, 0.25) is 0 Å². The topological polar surface area (TPSA) is 80.8 Å². The monoisotopic (exact) mass is 611 g/mol. The van der Waals surface area contributed by atoms with E-state index in [0.717, 1.165) is 9.37 Å². The van der Waals surface area contributed by atoms with Crippen molar-refractivity contribution in [1.29, 1.82) is 0 Å². The predicted octanol–water partition coefficient (Wildman–Crippen LogP) is 5.16. The lowest BCUT2D eigenvalue weighted by Crippen LogP contribution is -2.57. The quantitative estimate of drug-likeness (QED) is 0.172. The number of halogens is 3. The van der Waals surface area contributed by atoms with Crippen LogP contribution in [0.4, 0.5) is 0 Å². The Bertz CT molecular complexity index is 1420. The van der Waals surface area contributed by atoms with Gasteiger partial charge in [0.15, 0.2) is 12.4 Å². The van der Waals surface area contributed by atoms with Gasteiger partial charge >= 0.3 is 5.97 Å². The normalized spacial score (nSPS) is 27.4. The molecule has 0 spiro atoms. The molecule has 38 heavy (non-hydrogen) atoms. The Hall–Kier alpha value is -3.00. The second-order valence-electron chi connectivity index (χ2n) is 9.73. The molecule has 0 aromatic heterocycles. The number of rotatable bonds is 5. The van der Waals surface area contributed by atoms with Crippen LogP contribution in [0.3, 0.4) is 0 Å². The average molecular weight is 613 g/mol. The number of hydrogen-bond donors (Lipinski definition) is 0. The first kappa shape index (κ1) is 25.3. The van der Waals surface area contributed by atoms with E-state index in [1.807, 2.05) is 48.5 Å². The molecule has 7 rings (SSSR count). The molecule has 1 fully saturated rings. The second-order valence-corrected chi connectivity index (χ2v) is 11.8. The maximum absolute atomic E-state index is 13.9. The molecule has 3 aromatic rings. The molecule has 2 amide bonds. The van der Waals surface area contributed by atoms with Crippen LogP contribution in [0.1, 0.15) is 39.5 Å². The number of benzene rings is 3. The van der Waals surface area contributed by atoms with Gasteiger partial charge in [-0.2, -0.15) is 0 Å². The van der Waals surface area contributed by atoms with Crippen molar-refractivity contribution in [2.75, 3.05) is 6.61 Å². The Labute approximate surface area is 237 Å². The Kier molecular flexibility index (Phi) is 5.83. The van der Waals surface area contributed by atoms with E-state index < -0.39 is 57.8 Å². The van der Waals surface area contributed by atoms with Gasteiger partial charge in [-0.05, 0) is 41.3 Å². The van der Waals surface area contributed by atoms with E-state index in [9.17, 15) is 19.2 Å². The van der Waals surface area contributed by atoms with Crippen molar-refractivity contribution < 1.29 is 23.9 Å². The number of carbonyl (C=O) groups excluding carboxylic acids is 4. The fourth-order valence-electron chi connectivity index (χ4n) is 6.15. The van der Waals surface area contributed by atoms with Gasteiger partial charge in [-0.1, -0.05) is 76.6 Å². The van der Waals surface area contributed by atoms with E-state index in [2.05, 4.69) is 15.9 Å². The minimum atomic E-state index is -1.34. The highest BCUT2D eigenvalue weighted by molar-refractivity contribution is 9.10. The van der Waals surface area contributed by atoms with Crippen molar-refractivity contribution in [2.24, 2.45) is 11.8 Å². The van der Waals surface area contributed by atoms with Crippen LogP contribution in [0.25, 0.3) is 0 Å². The molecular weight excluding hydrogens is 593 g/mol. The minimum Gasteiger partial charge on any atom is -0.456 e. The standard InChI is InChI=1S/C29H20BrCl2NO5/c1-15(27(37)38-14-22(34)16-10-12-17(30)13-11-16)33-25(35)23-24(26(33)36)29(32)19-7-3-2-6-18(19)28(23,31)20-8-4-5-9-21(20)29/h2-13,15,23-24H,14H2,1H3/t15-,23-,24+,28?,29?/m1/s1. The van der Waals surface area contributed by atoms with Crippen LogP contribution in [-0.4, -0.2) is 41.1 Å². The molecule has 0 saturated carbocycles. The predicted molar refractivity (Wildman–Crippen MR) is 144 cm³/mol. The number of esters is 1. The van der Waals surface area contributed by atoms with Crippen molar-refractivity contribution in [1.82, 2.24) is 4.90 Å². The molecule has 0 N–H and O–H groups in total. The van der Waals surface area contributed by atoms with Crippen LogP contribution < -0.4 is 0 Å². The van der Waals surface area contributed by atoms with Crippen molar-refractivity contribution in [3.05, 3.63) is 105 Å². The zero-order valence-corrected chi connectivity index (χ0v) is 23.1. The molecule has 1 saturated heterocycles. The summed E-state index contributed by atoms with van der Waals surface area (Å²) in [6, 6.07) is 20.0. The lowest BCUT2D eigenvalue weighted by atomic mass is 9.54. The fraction of sp³-hybridized carbons (Fsp3) is 0.241. The van der Waals surface area contributed by atoms with Gasteiger partial charge in [-0.3, -0.25) is 19.3 Å².